The van der Waals surface area contributed by atoms with E-state index < -0.39 is 10.0 Å². The lowest BCUT2D eigenvalue weighted by atomic mass is 9.99. The molecule has 3 N–H and O–H groups in total. The van der Waals surface area contributed by atoms with Crippen LogP contribution >= 0.6 is 0 Å². The molecular weight excluding hydrogens is 236 g/mol. The molecule has 17 heavy (non-hydrogen) atoms. The van der Waals surface area contributed by atoms with Gasteiger partial charge in [0.1, 0.15) is 0 Å². The van der Waals surface area contributed by atoms with E-state index in [4.69, 9.17) is 5.73 Å². The fourth-order valence-electron chi connectivity index (χ4n) is 1.67. The molecule has 0 amide bonds. The number of anilines is 1. The Balaban J connectivity index is 3.13. The summed E-state index contributed by atoms with van der Waals surface area (Å²) in [6.07, 6.45) is 0. The van der Waals surface area contributed by atoms with E-state index in [1.54, 1.807) is 0 Å². The first-order chi connectivity index (χ1) is 7.87. The lowest BCUT2D eigenvalue weighted by molar-refractivity contribution is 0.601. The molecule has 4 nitrogen and oxygen atoms in total. The van der Waals surface area contributed by atoms with Gasteiger partial charge in [-0.3, -0.25) is 4.72 Å². The number of sulfonamides is 1. The molecule has 1 aromatic carbocycles. The molecule has 5 heteroatoms. The third-order valence-electron chi connectivity index (χ3n) is 2.57. The second-order valence-electron chi connectivity index (χ2n) is 4.40. The summed E-state index contributed by atoms with van der Waals surface area (Å²) in [6.45, 7) is 6.09. The monoisotopic (exact) mass is 256 g/mol. The van der Waals surface area contributed by atoms with Gasteiger partial charge in [0.15, 0.2) is 0 Å². The number of hydrogen-bond acceptors (Lipinski definition) is 3. The third kappa shape index (κ3) is 3.71. The second-order valence-corrected chi connectivity index (χ2v) is 6.25. The van der Waals surface area contributed by atoms with E-state index in [1.807, 2.05) is 39.0 Å². The Hall–Kier alpha value is -1.07. The van der Waals surface area contributed by atoms with E-state index in [1.165, 1.54) is 0 Å². The summed E-state index contributed by atoms with van der Waals surface area (Å²) < 4.78 is 26.1. The topological polar surface area (TPSA) is 72.2 Å². The molecule has 1 aromatic rings. The van der Waals surface area contributed by atoms with Crippen molar-refractivity contribution < 1.29 is 8.42 Å². The number of aryl methyl sites for hydroxylation is 1. The summed E-state index contributed by atoms with van der Waals surface area (Å²) in [5.74, 6) is 0.212. The molecule has 0 aliphatic rings. The van der Waals surface area contributed by atoms with Crippen LogP contribution in [0.15, 0.2) is 18.2 Å². The molecule has 1 rings (SSSR count). The standard InChI is InChI=1S/C12H20N2O2S/c1-9(2)11-6-4-5-10(3)12(11)14-17(15,16)8-7-13/h4-6,9,14H,7-8,13H2,1-3H3. The predicted molar refractivity (Wildman–Crippen MR) is 71.7 cm³/mol. The minimum Gasteiger partial charge on any atom is -0.329 e. The maximum Gasteiger partial charge on any atom is 0.233 e. The van der Waals surface area contributed by atoms with E-state index in [0.717, 1.165) is 11.1 Å². The Bertz CT molecular complexity index is 481. The summed E-state index contributed by atoms with van der Waals surface area (Å²) in [5.41, 5.74) is 7.91. The number of nitrogens with two attached hydrogens (primary N) is 1. The lowest BCUT2D eigenvalue weighted by Crippen LogP contribution is -2.23. The Kier molecular flexibility index (Phi) is 4.54. The molecule has 0 saturated carbocycles. The molecule has 0 saturated heterocycles. The van der Waals surface area contributed by atoms with Crippen molar-refractivity contribution in [3.05, 3.63) is 29.3 Å². The number of para-hydroxylation sites is 1. The molecule has 0 unspecified atom stereocenters. The van der Waals surface area contributed by atoms with Crippen LogP contribution in [0.3, 0.4) is 0 Å². The molecule has 0 aromatic heterocycles. The van der Waals surface area contributed by atoms with Gasteiger partial charge in [-0.25, -0.2) is 8.42 Å². The first-order valence-electron chi connectivity index (χ1n) is 5.67. The number of benzene rings is 1. The van der Waals surface area contributed by atoms with Crippen molar-refractivity contribution in [3.8, 4) is 0 Å². The molecule has 0 bridgehead atoms. The van der Waals surface area contributed by atoms with Crippen molar-refractivity contribution in [2.75, 3.05) is 17.0 Å². The lowest BCUT2D eigenvalue weighted by Gasteiger charge is -2.17. The van der Waals surface area contributed by atoms with Gasteiger partial charge in [-0.15, -0.1) is 0 Å². The zero-order valence-corrected chi connectivity index (χ0v) is 11.3. The fraction of sp³-hybridized carbons (Fsp3) is 0.500. The molecule has 0 aliphatic carbocycles. The summed E-state index contributed by atoms with van der Waals surface area (Å²) >= 11 is 0. The Morgan fingerprint density at radius 1 is 1.35 bits per heavy atom. The Labute approximate surface area is 103 Å². The van der Waals surface area contributed by atoms with Gasteiger partial charge in [-0.05, 0) is 24.0 Å². The molecule has 0 spiro atoms. The maximum absolute atomic E-state index is 11.7. The van der Waals surface area contributed by atoms with Gasteiger partial charge < -0.3 is 5.73 Å². The minimum atomic E-state index is -3.34. The maximum atomic E-state index is 11.7. The smallest absolute Gasteiger partial charge is 0.233 e. The normalized spacial score (nSPS) is 11.8. The van der Waals surface area contributed by atoms with Gasteiger partial charge >= 0.3 is 0 Å². The van der Waals surface area contributed by atoms with Gasteiger partial charge in [0.05, 0.1) is 11.4 Å². The van der Waals surface area contributed by atoms with Crippen LogP contribution in [0.25, 0.3) is 0 Å². The van der Waals surface area contributed by atoms with Crippen molar-refractivity contribution in [1.82, 2.24) is 0 Å². The van der Waals surface area contributed by atoms with Gasteiger partial charge in [0, 0.05) is 6.54 Å². The second kappa shape index (κ2) is 5.51. The zero-order valence-electron chi connectivity index (χ0n) is 10.5. The highest BCUT2D eigenvalue weighted by atomic mass is 32.2. The average molecular weight is 256 g/mol. The molecule has 0 aliphatic heterocycles. The fourth-order valence-corrected chi connectivity index (χ4v) is 2.67. The molecule has 0 heterocycles. The van der Waals surface area contributed by atoms with Crippen LogP contribution in [0.5, 0.6) is 0 Å². The van der Waals surface area contributed by atoms with Crippen LogP contribution in [-0.2, 0) is 10.0 Å². The largest absolute Gasteiger partial charge is 0.329 e. The van der Waals surface area contributed by atoms with E-state index in [-0.39, 0.29) is 18.2 Å². The Morgan fingerprint density at radius 3 is 2.53 bits per heavy atom. The number of rotatable bonds is 5. The first-order valence-corrected chi connectivity index (χ1v) is 7.32. The Morgan fingerprint density at radius 2 is 2.00 bits per heavy atom. The van der Waals surface area contributed by atoms with E-state index >= 15 is 0 Å². The van der Waals surface area contributed by atoms with Gasteiger partial charge in [-0.2, -0.15) is 0 Å². The van der Waals surface area contributed by atoms with Gasteiger partial charge in [0.2, 0.25) is 10.0 Å². The van der Waals surface area contributed by atoms with Crippen LogP contribution in [0.1, 0.15) is 30.9 Å². The summed E-state index contributed by atoms with van der Waals surface area (Å²) in [4.78, 5) is 0. The van der Waals surface area contributed by atoms with Crippen molar-refractivity contribution in [2.24, 2.45) is 5.73 Å². The molecule has 0 atom stereocenters. The summed E-state index contributed by atoms with van der Waals surface area (Å²) in [6, 6.07) is 5.77. The van der Waals surface area contributed by atoms with Gasteiger partial charge in [0.25, 0.3) is 0 Å². The number of hydrogen-bond donors (Lipinski definition) is 2. The van der Waals surface area contributed by atoms with E-state index in [2.05, 4.69) is 4.72 Å². The van der Waals surface area contributed by atoms with E-state index in [9.17, 15) is 8.42 Å². The van der Waals surface area contributed by atoms with Crippen LogP contribution in [-0.4, -0.2) is 20.7 Å². The highest BCUT2D eigenvalue weighted by Gasteiger charge is 2.15. The van der Waals surface area contributed by atoms with Crippen LogP contribution in [0.4, 0.5) is 5.69 Å². The summed E-state index contributed by atoms with van der Waals surface area (Å²) in [7, 11) is -3.34. The quantitative estimate of drug-likeness (QED) is 0.844. The SMILES string of the molecule is Cc1cccc(C(C)C)c1NS(=O)(=O)CCN. The third-order valence-corrected chi connectivity index (χ3v) is 3.86. The van der Waals surface area contributed by atoms with E-state index in [0.29, 0.717) is 5.69 Å². The van der Waals surface area contributed by atoms with Crippen LogP contribution in [0, 0.1) is 6.92 Å². The summed E-state index contributed by atoms with van der Waals surface area (Å²) in [5, 5.41) is 0. The molecule has 0 radical (unpaired) electrons. The molecular formula is C12H20N2O2S. The van der Waals surface area contributed by atoms with Crippen molar-refractivity contribution in [2.45, 2.75) is 26.7 Å². The molecule has 96 valence electrons. The van der Waals surface area contributed by atoms with Crippen LogP contribution in [0.2, 0.25) is 0 Å². The first kappa shape index (κ1) is 14.0. The molecule has 0 fully saturated rings. The van der Waals surface area contributed by atoms with Crippen molar-refractivity contribution >= 4 is 15.7 Å². The highest BCUT2D eigenvalue weighted by Crippen LogP contribution is 2.28. The predicted octanol–water partition coefficient (Wildman–Crippen LogP) is 1.82. The number of nitrogens with one attached hydrogen (secondary N) is 1. The van der Waals surface area contributed by atoms with Crippen molar-refractivity contribution in [1.29, 1.82) is 0 Å². The zero-order chi connectivity index (χ0) is 13.1. The average Bonchev–Trinajstić information content (AvgIpc) is 2.20. The minimum absolute atomic E-state index is 0.0567. The highest BCUT2D eigenvalue weighted by molar-refractivity contribution is 7.92. The van der Waals surface area contributed by atoms with Crippen molar-refractivity contribution in [3.63, 3.8) is 0 Å². The van der Waals surface area contributed by atoms with Gasteiger partial charge in [-0.1, -0.05) is 32.0 Å². The van der Waals surface area contributed by atoms with Crippen LogP contribution < -0.4 is 10.5 Å².